The summed E-state index contributed by atoms with van der Waals surface area (Å²) in [6, 6.07) is 0. The lowest BCUT2D eigenvalue weighted by Crippen LogP contribution is -2.21. The zero-order valence-corrected chi connectivity index (χ0v) is 16.7. The fraction of sp³-hybridized carbons (Fsp3) is 0.810. The van der Waals surface area contributed by atoms with Gasteiger partial charge in [-0.05, 0) is 52.1 Å². The quantitative estimate of drug-likeness (QED) is 0.176. The Morgan fingerprint density at radius 2 is 1.26 bits per heavy atom. The molecule has 0 radical (unpaired) electrons. The second-order valence-corrected chi connectivity index (χ2v) is 7.06. The van der Waals surface area contributed by atoms with E-state index in [4.69, 9.17) is 0 Å². The van der Waals surface area contributed by atoms with Crippen LogP contribution in [0.2, 0.25) is 0 Å². The molecule has 0 saturated heterocycles. The summed E-state index contributed by atoms with van der Waals surface area (Å²) in [4.78, 5) is 2.38. The molecule has 0 aromatic rings. The lowest BCUT2D eigenvalue weighted by Gasteiger charge is -2.14. The molecular weight excluding hydrogens is 298 g/mol. The van der Waals surface area contributed by atoms with Crippen LogP contribution in [0.4, 0.5) is 0 Å². The van der Waals surface area contributed by atoms with E-state index < -0.39 is 0 Å². The Balaban J connectivity index is 3.19. The van der Waals surface area contributed by atoms with Crippen LogP contribution in [-0.2, 0) is 0 Å². The topological polar surface area (TPSA) is 3.24 Å². The van der Waals surface area contributed by atoms with Gasteiger partial charge in [0.1, 0.15) is 0 Å². The smallest absolute Gasteiger partial charge is 0.00668 e. The van der Waals surface area contributed by atoms with Gasteiger partial charge in [-0.25, -0.2) is 0 Å². The molecule has 0 saturated carbocycles. The van der Waals surface area contributed by atoms with Gasteiger partial charge in [-0.1, -0.05) is 69.8 Å². The summed E-state index contributed by atoms with van der Waals surface area (Å²) in [5.74, 6) is 0.971. The van der Waals surface area contributed by atoms with Crippen molar-refractivity contribution in [2.24, 2.45) is 0 Å². The van der Waals surface area contributed by atoms with E-state index >= 15 is 0 Å². The Kier molecular flexibility index (Phi) is 19.7. The molecule has 0 fully saturated rings. The first-order valence-electron chi connectivity index (χ1n) is 9.90. The van der Waals surface area contributed by atoms with Gasteiger partial charge in [-0.15, -0.1) is 0 Å². The summed E-state index contributed by atoms with van der Waals surface area (Å²) in [6.07, 6.45) is 25.3. The molecule has 0 atom stereocenters. The molecule has 0 rings (SSSR count). The highest BCUT2D eigenvalue weighted by Gasteiger charge is 1.96. The molecule has 0 spiro atoms. The number of hydrogen-bond donors (Lipinski definition) is 1. The van der Waals surface area contributed by atoms with Crippen molar-refractivity contribution in [2.75, 3.05) is 25.9 Å². The molecule has 0 N–H and O–H groups in total. The fourth-order valence-corrected chi connectivity index (χ4v) is 2.99. The molecule has 0 aliphatic heterocycles. The maximum Gasteiger partial charge on any atom is 0.00668 e. The fourth-order valence-electron chi connectivity index (χ4n) is 2.65. The molecule has 0 bridgehead atoms. The van der Waals surface area contributed by atoms with E-state index in [1.807, 2.05) is 0 Å². The minimum absolute atomic E-state index is 0.971. The van der Waals surface area contributed by atoms with E-state index in [1.165, 1.54) is 77.2 Å². The lowest BCUT2D eigenvalue weighted by atomic mass is 10.1. The molecule has 0 unspecified atom stereocenters. The van der Waals surface area contributed by atoms with Crippen LogP contribution < -0.4 is 0 Å². The maximum atomic E-state index is 4.26. The van der Waals surface area contributed by atoms with Crippen LogP contribution in [-0.4, -0.2) is 30.8 Å². The Morgan fingerprint density at radius 1 is 0.696 bits per heavy atom. The molecular formula is C21H41NS. The molecule has 23 heavy (non-hydrogen) atoms. The molecule has 1 nitrogen and oxygen atoms in total. The Labute approximate surface area is 152 Å². The third-order valence-corrected chi connectivity index (χ3v) is 4.42. The minimum Gasteiger partial charge on any atom is -0.306 e. The molecule has 136 valence electrons. The average Bonchev–Trinajstić information content (AvgIpc) is 2.54. The van der Waals surface area contributed by atoms with Gasteiger partial charge in [0.25, 0.3) is 0 Å². The zero-order valence-electron chi connectivity index (χ0n) is 15.8. The third-order valence-electron chi connectivity index (χ3n) is 4.22. The lowest BCUT2D eigenvalue weighted by molar-refractivity contribution is 0.343. The highest BCUT2D eigenvalue weighted by atomic mass is 32.1. The second-order valence-electron chi connectivity index (χ2n) is 6.61. The SMILES string of the molecule is CCCCC/C=C\C/C=C\CCCCCCCCN(C)CCS. The largest absolute Gasteiger partial charge is 0.306 e. The van der Waals surface area contributed by atoms with E-state index in [1.54, 1.807) is 0 Å². The van der Waals surface area contributed by atoms with Crippen LogP contribution in [0.3, 0.4) is 0 Å². The van der Waals surface area contributed by atoms with Crippen molar-refractivity contribution in [3.63, 3.8) is 0 Å². The van der Waals surface area contributed by atoms with Crippen LogP contribution >= 0.6 is 12.6 Å². The first kappa shape index (κ1) is 22.8. The number of unbranched alkanes of at least 4 members (excludes halogenated alkanes) is 9. The zero-order chi connectivity index (χ0) is 17.0. The van der Waals surface area contributed by atoms with Gasteiger partial charge in [-0.2, -0.15) is 12.6 Å². The Hall–Kier alpha value is -0.210. The van der Waals surface area contributed by atoms with Crippen molar-refractivity contribution in [1.29, 1.82) is 0 Å². The summed E-state index contributed by atoms with van der Waals surface area (Å²) in [5, 5.41) is 0. The molecule has 0 heterocycles. The van der Waals surface area contributed by atoms with Crippen molar-refractivity contribution in [2.45, 2.75) is 84.0 Å². The van der Waals surface area contributed by atoms with Gasteiger partial charge < -0.3 is 4.90 Å². The van der Waals surface area contributed by atoms with Crippen molar-refractivity contribution in [3.8, 4) is 0 Å². The van der Waals surface area contributed by atoms with E-state index in [-0.39, 0.29) is 0 Å². The van der Waals surface area contributed by atoms with Crippen molar-refractivity contribution in [3.05, 3.63) is 24.3 Å². The van der Waals surface area contributed by atoms with Crippen LogP contribution in [0.15, 0.2) is 24.3 Å². The summed E-state index contributed by atoms with van der Waals surface area (Å²) in [6.45, 7) is 4.61. The summed E-state index contributed by atoms with van der Waals surface area (Å²) in [5.41, 5.74) is 0. The van der Waals surface area contributed by atoms with Gasteiger partial charge in [0.15, 0.2) is 0 Å². The van der Waals surface area contributed by atoms with Crippen LogP contribution in [0.1, 0.15) is 84.0 Å². The van der Waals surface area contributed by atoms with Gasteiger partial charge in [0.2, 0.25) is 0 Å². The van der Waals surface area contributed by atoms with Crippen molar-refractivity contribution < 1.29 is 0 Å². The van der Waals surface area contributed by atoms with Crippen LogP contribution in [0.5, 0.6) is 0 Å². The Morgan fingerprint density at radius 3 is 1.87 bits per heavy atom. The monoisotopic (exact) mass is 339 g/mol. The van der Waals surface area contributed by atoms with Gasteiger partial charge in [-0.3, -0.25) is 0 Å². The molecule has 0 aromatic heterocycles. The predicted molar refractivity (Wildman–Crippen MR) is 111 cm³/mol. The summed E-state index contributed by atoms with van der Waals surface area (Å²) in [7, 11) is 2.20. The van der Waals surface area contributed by atoms with Gasteiger partial charge in [0.05, 0.1) is 0 Å². The van der Waals surface area contributed by atoms with Gasteiger partial charge >= 0.3 is 0 Å². The standard InChI is InChI=1S/C21H41NS/c1-3-4-5-6-7-8-9-10-11-12-13-14-15-16-17-18-19-22(2)20-21-23/h7-8,10-11,23H,3-6,9,12-21H2,1-2H3/b8-7-,11-10-. The number of hydrogen-bond acceptors (Lipinski definition) is 2. The van der Waals surface area contributed by atoms with Gasteiger partial charge in [0, 0.05) is 12.3 Å². The Bertz CT molecular complexity index is 273. The number of thiol groups is 1. The van der Waals surface area contributed by atoms with Crippen molar-refractivity contribution >= 4 is 12.6 Å². The number of allylic oxidation sites excluding steroid dienone is 4. The normalized spacial score (nSPS) is 12.2. The molecule has 2 heteroatoms. The van der Waals surface area contributed by atoms with E-state index in [2.05, 4.69) is 55.8 Å². The highest BCUT2D eigenvalue weighted by Crippen LogP contribution is 2.08. The van der Waals surface area contributed by atoms with E-state index in [0.717, 1.165) is 18.7 Å². The first-order valence-corrected chi connectivity index (χ1v) is 10.5. The van der Waals surface area contributed by atoms with E-state index in [9.17, 15) is 0 Å². The number of nitrogens with zero attached hydrogens (tertiary/aromatic N) is 1. The molecule has 0 aromatic carbocycles. The van der Waals surface area contributed by atoms with E-state index in [0.29, 0.717) is 0 Å². The number of rotatable bonds is 17. The van der Waals surface area contributed by atoms with Crippen molar-refractivity contribution in [1.82, 2.24) is 4.90 Å². The average molecular weight is 340 g/mol. The van der Waals surface area contributed by atoms with Crippen LogP contribution in [0, 0.1) is 0 Å². The molecule has 0 aliphatic carbocycles. The first-order chi connectivity index (χ1) is 11.3. The minimum atomic E-state index is 0.971. The maximum absolute atomic E-state index is 4.26. The molecule has 0 amide bonds. The summed E-state index contributed by atoms with van der Waals surface area (Å²) >= 11 is 4.26. The highest BCUT2D eigenvalue weighted by molar-refractivity contribution is 7.80. The third kappa shape index (κ3) is 19.7. The molecule has 0 aliphatic rings. The van der Waals surface area contributed by atoms with Crippen LogP contribution in [0.25, 0.3) is 0 Å². The second kappa shape index (κ2) is 19.8. The predicted octanol–water partition coefficient (Wildman–Crippen LogP) is 6.66. The summed E-state index contributed by atoms with van der Waals surface area (Å²) < 4.78 is 0.